The fourth-order valence-electron chi connectivity index (χ4n) is 1.65. The SMILES string of the molecule is CCOC(=O)CCSc1nnc(-c2ccccc2[N+](=O)[O-])o1. The minimum atomic E-state index is -0.507. The molecule has 9 heteroatoms. The molecule has 0 saturated heterocycles. The highest BCUT2D eigenvalue weighted by Gasteiger charge is 2.19. The van der Waals surface area contributed by atoms with Crippen LogP contribution in [0.15, 0.2) is 33.9 Å². The maximum Gasteiger partial charge on any atom is 0.306 e. The van der Waals surface area contributed by atoms with E-state index in [1.165, 1.54) is 17.8 Å². The summed E-state index contributed by atoms with van der Waals surface area (Å²) in [7, 11) is 0. The van der Waals surface area contributed by atoms with Gasteiger partial charge in [0, 0.05) is 11.8 Å². The van der Waals surface area contributed by atoms with Crippen molar-refractivity contribution >= 4 is 23.4 Å². The predicted octanol–water partition coefficient (Wildman–Crippen LogP) is 2.69. The summed E-state index contributed by atoms with van der Waals surface area (Å²) in [5.74, 6) is 0.205. The molecule has 0 saturated carbocycles. The van der Waals surface area contributed by atoms with Crippen LogP contribution in [0, 0.1) is 10.1 Å². The van der Waals surface area contributed by atoms with Crippen LogP contribution in [0.1, 0.15) is 13.3 Å². The van der Waals surface area contributed by atoms with Gasteiger partial charge in [0.25, 0.3) is 16.8 Å². The summed E-state index contributed by atoms with van der Waals surface area (Å²) in [6.07, 6.45) is 0.224. The highest BCUT2D eigenvalue weighted by atomic mass is 32.2. The summed E-state index contributed by atoms with van der Waals surface area (Å²) < 4.78 is 10.2. The van der Waals surface area contributed by atoms with Gasteiger partial charge >= 0.3 is 5.97 Å². The number of hydrogen-bond donors (Lipinski definition) is 0. The van der Waals surface area contributed by atoms with Gasteiger partial charge in [-0.05, 0) is 13.0 Å². The number of carbonyl (C=O) groups excluding carboxylic acids is 1. The van der Waals surface area contributed by atoms with Crippen LogP contribution in [0.2, 0.25) is 0 Å². The summed E-state index contributed by atoms with van der Waals surface area (Å²) in [6.45, 7) is 2.08. The van der Waals surface area contributed by atoms with Crippen molar-refractivity contribution in [3.63, 3.8) is 0 Å². The summed E-state index contributed by atoms with van der Waals surface area (Å²) in [5, 5.41) is 18.8. The van der Waals surface area contributed by atoms with E-state index in [9.17, 15) is 14.9 Å². The van der Waals surface area contributed by atoms with Gasteiger partial charge in [0.2, 0.25) is 0 Å². The Bertz CT molecular complexity index is 673. The van der Waals surface area contributed by atoms with Gasteiger partial charge in [-0.2, -0.15) is 0 Å². The second kappa shape index (κ2) is 7.55. The second-order valence-corrected chi connectivity index (χ2v) is 5.10. The first kappa shape index (κ1) is 16.0. The first-order valence-corrected chi connectivity index (χ1v) is 7.46. The molecule has 0 N–H and O–H groups in total. The van der Waals surface area contributed by atoms with Crippen molar-refractivity contribution in [1.29, 1.82) is 0 Å². The quantitative estimate of drug-likeness (QED) is 0.331. The molecule has 0 aliphatic carbocycles. The third-order valence-electron chi connectivity index (χ3n) is 2.57. The van der Waals surface area contributed by atoms with Gasteiger partial charge in [0.05, 0.1) is 18.0 Å². The monoisotopic (exact) mass is 323 g/mol. The topological polar surface area (TPSA) is 108 Å². The number of hydrogen-bond acceptors (Lipinski definition) is 8. The van der Waals surface area contributed by atoms with Gasteiger partial charge < -0.3 is 9.15 Å². The summed E-state index contributed by atoms with van der Waals surface area (Å²) >= 11 is 1.19. The maximum absolute atomic E-state index is 11.2. The molecule has 0 aliphatic rings. The lowest BCUT2D eigenvalue weighted by atomic mass is 10.2. The van der Waals surface area contributed by atoms with Crippen LogP contribution in [-0.4, -0.2) is 33.4 Å². The average Bonchev–Trinajstić information content (AvgIpc) is 2.96. The number of para-hydroxylation sites is 1. The van der Waals surface area contributed by atoms with E-state index >= 15 is 0 Å². The Labute approximate surface area is 130 Å². The Hall–Kier alpha value is -2.42. The van der Waals surface area contributed by atoms with Crippen molar-refractivity contribution < 1.29 is 18.9 Å². The van der Waals surface area contributed by atoms with E-state index in [1.54, 1.807) is 25.1 Å². The van der Waals surface area contributed by atoms with Crippen LogP contribution in [0.5, 0.6) is 0 Å². The van der Waals surface area contributed by atoms with Crippen LogP contribution in [-0.2, 0) is 9.53 Å². The minimum Gasteiger partial charge on any atom is -0.466 e. The van der Waals surface area contributed by atoms with Crippen molar-refractivity contribution in [2.45, 2.75) is 18.6 Å². The Morgan fingerprint density at radius 2 is 2.18 bits per heavy atom. The number of nitro benzene ring substituents is 1. The summed E-state index contributed by atoms with van der Waals surface area (Å²) in [5.41, 5.74) is 0.159. The third-order valence-corrected chi connectivity index (χ3v) is 3.39. The van der Waals surface area contributed by atoms with Crippen LogP contribution >= 0.6 is 11.8 Å². The molecule has 22 heavy (non-hydrogen) atoms. The molecule has 0 unspecified atom stereocenters. The standard InChI is InChI=1S/C13H13N3O5S/c1-2-20-11(17)7-8-22-13-15-14-12(21-13)9-5-3-4-6-10(9)16(18)19/h3-6H,2,7-8H2,1H3. The molecule has 1 aromatic heterocycles. The van der Waals surface area contributed by atoms with Crippen molar-refractivity contribution in [2.75, 3.05) is 12.4 Å². The van der Waals surface area contributed by atoms with Crippen molar-refractivity contribution in [2.24, 2.45) is 0 Å². The molecule has 2 rings (SSSR count). The van der Waals surface area contributed by atoms with E-state index in [0.29, 0.717) is 12.4 Å². The number of benzene rings is 1. The van der Waals surface area contributed by atoms with Crippen molar-refractivity contribution in [3.8, 4) is 11.5 Å². The largest absolute Gasteiger partial charge is 0.466 e. The third kappa shape index (κ3) is 4.04. The van der Waals surface area contributed by atoms with E-state index in [1.807, 2.05) is 0 Å². The van der Waals surface area contributed by atoms with Gasteiger partial charge in [0.15, 0.2) is 0 Å². The number of aromatic nitrogens is 2. The van der Waals surface area contributed by atoms with E-state index < -0.39 is 4.92 Å². The van der Waals surface area contributed by atoms with Crippen LogP contribution in [0.4, 0.5) is 5.69 Å². The van der Waals surface area contributed by atoms with E-state index in [4.69, 9.17) is 9.15 Å². The molecular formula is C13H13N3O5S. The van der Waals surface area contributed by atoms with Gasteiger partial charge in [-0.3, -0.25) is 14.9 Å². The Morgan fingerprint density at radius 1 is 1.41 bits per heavy atom. The normalized spacial score (nSPS) is 10.4. The Balaban J connectivity index is 2.03. The van der Waals surface area contributed by atoms with Gasteiger partial charge in [-0.25, -0.2) is 0 Å². The number of esters is 1. The molecular weight excluding hydrogens is 310 g/mol. The fraction of sp³-hybridized carbons (Fsp3) is 0.308. The first-order chi connectivity index (χ1) is 10.6. The predicted molar refractivity (Wildman–Crippen MR) is 78.4 cm³/mol. The molecule has 0 spiro atoms. The van der Waals surface area contributed by atoms with Crippen LogP contribution in [0.25, 0.3) is 11.5 Å². The number of rotatable bonds is 7. The summed E-state index contributed by atoms with van der Waals surface area (Å²) in [4.78, 5) is 21.7. The number of carbonyl (C=O) groups is 1. The lowest BCUT2D eigenvalue weighted by Gasteiger charge is -1.99. The maximum atomic E-state index is 11.2. The highest BCUT2D eigenvalue weighted by molar-refractivity contribution is 7.99. The minimum absolute atomic E-state index is 0.0749. The molecule has 0 radical (unpaired) electrons. The molecule has 0 atom stereocenters. The van der Waals surface area contributed by atoms with E-state index in [2.05, 4.69) is 10.2 Å². The first-order valence-electron chi connectivity index (χ1n) is 6.47. The molecule has 0 amide bonds. The fourth-order valence-corrected chi connectivity index (χ4v) is 2.33. The van der Waals surface area contributed by atoms with Gasteiger partial charge in [-0.1, -0.05) is 23.9 Å². The second-order valence-electron chi connectivity index (χ2n) is 4.05. The van der Waals surface area contributed by atoms with Crippen molar-refractivity contribution in [3.05, 3.63) is 34.4 Å². The molecule has 2 aromatic rings. The van der Waals surface area contributed by atoms with Crippen LogP contribution < -0.4 is 0 Å². The summed E-state index contributed by atoms with van der Waals surface area (Å²) in [6, 6.07) is 6.12. The van der Waals surface area contributed by atoms with Gasteiger partial charge in [-0.15, -0.1) is 10.2 Å². The van der Waals surface area contributed by atoms with E-state index in [-0.39, 0.29) is 34.8 Å². The highest BCUT2D eigenvalue weighted by Crippen LogP contribution is 2.30. The van der Waals surface area contributed by atoms with Crippen molar-refractivity contribution in [1.82, 2.24) is 10.2 Å². The molecule has 0 bridgehead atoms. The lowest BCUT2D eigenvalue weighted by molar-refractivity contribution is -0.384. The zero-order valence-electron chi connectivity index (χ0n) is 11.7. The smallest absolute Gasteiger partial charge is 0.306 e. The number of ether oxygens (including phenoxy) is 1. The van der Waals surface area contributed by atoms with Gasteiger partial charge in [0.1, 0.15) is 5.56 Å². The Morgan fingerprint density at radius 3 is 2.91 bits per heavy atom. The molecule has 1 heterocycles. The zero-order valence-corrected chi connectivity index (χ0v) is 12.5. The number of nitro groups is 1. The van der Waals surface area contributed by atoms with Crippen LogP contribution in [0.3, 0.4) is 0 Å². The zero-order chi connectivity index (χ0) is 15.9. The average molecular weight is 323 g/mol. The van der Waals surface area contributed by atoms with E-state index in [0.717, 1.165) is 0 Å². The Kier molecular flexibility index (Phi) is 5.48. The molecule has 8 nitrogen and oxygen atoms in total. The number of nitrogens with zero attached hydrogens (tertiary/aromatic N) is 3. The number of thioether (sulfide) groups is 1. The molecule has 116 valence electrons. The molecule has 0 aliphatic heterocycles. The molecule has 1 aromatic carbocycles. The lowest BCUT2D eigenvalue weighted by Crippen LogP contribution is -2.04. The molecule has 0 fully saturated rings.